The third-order valence-electron chi connectivity index (χ3n) is 7.04. The fourth-order valence-corrected chi connectivity index (χ4v) is 5.19. The van der Waals surface area contributed by atoms with E-state index in [4.69, 9.17) is 9.47 Å². The quantitative estimate of drug-likeness (QED) is 0.321. The molecule has 0 saturated carbocycles. The van der Waals surface area contributed by atoms with Crippen LogP contribution in [0.1, 0.15) is 69.3 Å². The summed E-state index contributed by atoms with van der Waals surface area (Å²) in [6.07, 6.45) is 2.18. The summed E-state index contributed by atoms with van der Waals surface area (Å²) in [6, 6.07) is 9.45. The first-order valence-corrected chi connectivity index (χ1v) is 13.2. The van der Waals surface area contributed by atoms with Crippen molar-refractivity contribution < 1.29 is 29.0 Å². The summed E-state index contributed by atoms with van der Waals surface area (Å²) >= 11 is 0. The number of benzene rings is 1. The molecule has 2 fully saturated rings. The number of aromatic nitrogens is 1. The maximum absolute atomic E-state index is 13.5. The molecule has 1 N–H and O–H groups in total. The number of nitrogens with zero attached hydrogens (tertiary/aromatic N) is 3. The molecular formula is C29H35N3O6. The van der Waals surface area contributed by atoms with Gasteiger partial charge in [0.2, 0.25) is 0 Å². The van der Waals surface area contributed by atoms with Gasteiger partial charge < -0.3 is 24.4 Å². The van der Waals surface area contributed by atoms with Gasteiger partial charge in [0.15, 0.2) is 0 Å². The second-order valence-corrected chi connectivity index (χ2v) is 9.72. The van der Waals surface area contributed by atoms with E-state index in [0.717, 1.165) is 5.56 Å². The van der Waals surface area contributed by atoms with Crippen molar-refractivity contribution >= 4 is 23.5 Å². The monoisotopic (exact) mass is 521 g/mol. The number of amides is 2. The Morgan fingerprint density at radius 2 is 1.84 bits per heavy atom. The van der Waals surface area contributed by atoms with Gasteiger partial charge in [-0.05, 0) is 68.5 Å². The van der Waals surface area contributed by atoms with Crippen LogP contribution < -0.4 is 4.74 Å². The van der Waals surface area contributed by atoms with Crippen molar-refractivity contribution in [2.24, 2.45) is 0 Å². The Kier molecular flexibility index (Phi) is 8.34. The van der Waals surface area contributed by atoms with Crippen molar-refractivity contribution in [2.45, 2.75) is 58.5 Å². The number of carbonyl (C=O) groups is 3. The summed E-state index contributed by atoms with van der Waals surface area (Å²) in [5.41, 5.74) is 1.84. The Hall–Kier alpha value is -3.88. The van der Waals surface area contributed by atoms with E-state index in [0.29, 0.717) is 49.5 Å². The molecular weight excluding hydrogens is 486 g/mol. The molecule has 2 amide bonds. The van der Waals surface area contributed by atoms with E-state index in [1.54, 1.807) is 48.4 Å². The van der Waals surface area contributed by atoms with Crippen LogP contribution in [0, 0.1) is 0 Å². The molecule has 0 bridgehead atoms. The molecule has 9 nitrogen and oxygen atoms in total. The lowest BCUT2D eigenvalue weighted by atomic mass is 9.94. The molecule has 2 aromatic rings. The van der Waals surface area contributed by atoms with Crippen LogP contribution in [0.5, 0.6) is 5.75 Å². The number of aliphatic hydroxyl groups excluding tert-OH is 1. The maximum atomic E-state index is 13.5. The molecule has 1 aromatic heterocycles. The maximum Gasteiger partial charge on any atom is 0.409 e. The summed E-state index contributed by atoms with van der Waals surface area (Å²) in [7, 11) is 0. The van der Waals surface area contributed by atoms with E-state index < -0.39 is 17.7 Å². The fourth-order valence-electron chi connectivity index (χ4n) is 5.19. The van der Waals surface area contributed by atoms with E-state index in [-0.39, 0.29) is 36.0 Å². The highest BCUT2D eigenvalue weighted by atomic mass is 16.6. The number of ether oxygens (including phenoxy) is 2. The first-order chi connectivity index (χ1) is 18.3. The second-order valence-electron chi connectivity index (χ2n) is 9.72. The van der Waals surface area contributed by atoms with Crippen LogP contribution in [0.3, 0.4) is 0 Å². The normalized spacial score (nSPS) is 19.8. The second kappa shape index (κ2) is 11.7. The van der Waals surface area contributed by atoms with Crippen LogP contribution in [-0.4, -0.2) is 70.0 Å². The Morgan fingerprint density at radius 1 is 1.11 bits per heavy atom. The number of Topliss-reactive ketones (excluding diaryl/α,β-unsaturated/α-hetero) is 1. The standard InChI is InChI=1S/C29H35N3O6/c1-5-37-23-11-10-19(17-21(23)18(3)4)26(33)24-25(22-9-7-8-14-30-22)32(28(35)27(24)34)20-12-15-31(16-13-20)29(36)38-6-2/h7-11,14,17-18,20,25,33H,5-6,12-13,15-16H2,1-4H3/b26-24+. The summed E-state index contributed by atoms with van der Waals surface area (Å²) in [5.74, 6) is -0.829. The Labute approximate surface area is 223 Å². The molecule has 1 aromatic carbocycles. The number of pyridine rings is 1. The lowest BCUT2D eigenvalue weighted by molar-refractivity contribution is -0.142. The highest BCUT2D eigenvalue weighted by Crippen LogP contribution is 2.42. The number of ketones is 1. The van der Waals surface area contributed by atoms with Crippen molar-refractivity contribution in [1.82, 2.24) is 14.8 Å². The minimum absolute atomic E-state index is 0.0142. The molecule has 0 aliphatic carbocycles. The van der Waals surface area contributed by atoms with Crippen molar-refractivity contribution in [3.8, 4) is 5.75 Å². The van der Waals surface area contributed by atoms with Gasteiger partial charge >= 0.3 is 6.09 Å². The van der Waals surface area contributed by atoms with Gasteiger partial charge in [-0.15, -0.1) is 0 Å². The third-order valence-corrected chi connectivity index (χ3v) is 7.04. The fraction of sp³-hybridized carbons (Fsp3) is 0.448. The minimum Gasteiger partial charge on any atom is -0.507 e. The molecule has 1 atom stereocenters. The van der Waals surface area contributed by atoms with Crippen molar-refractivity contribution in [3.63, 3.8) is 0 Å². The number of carbonyl (C=O) groups excluding carboxylic acids is 3. The summed E-state index contributed by atoms with van der Waals surface area (Å²) in [6.45, 7) is 9.31. The molecule has 2 aliphatic heterocycles. The van der Waals surface area contributed by atoms with E-state index in [1.807, 2.05) is 26.8 Å². The molecule has 0 spiro atoms. The molecule has 3 heterocycles. The molecule has 2 saturated heterocycles. The molecule has 2 aliphatic rings. The number of likely N-dealkylation sites (tertiary alicyclic amines) is 2. The van der Waals surface area contributed by atoms with Gasteiger partial charge in [-0.2, -0.15) is 0 Å². The predicted octanol–water partition coefficient (Wildman–Crippen LogP) is 4.65. The van der Waals surface area contributed by atoms with Gasteiger partial charge in [0.25, 0.3) is 11.7 Å². The molecule has 4 rings (SSSR count). The lowest BCUT2D eigenvalue weighted by Gasteiger charge is -2.38. The van der Waals surface area contributed by atoms with E-state index in [1.165, 1.54) is 4.90 Å². The largest absolute Gasteiger partial charge is 0.507 e. The van der Waals surface area contributed by atoms with Crippen molar-refractivity contribution in [1.29, 1.82) is 0 Å². The van der Waals surface area contributed by atoms with E-state index in [9.17, 15) is 19.5 Å². The first kappa shape index (κ1) is 27.2. The highest BCUT2D eigenvalue weighted by molar-refractivity contribution is 6.46. The molecule has 0 radical (unpaired) electrons. The Bertz CT molecular complexity index is 1220. The zero-order valence-electron chi connectivity index (χ0n) is 22.3. The molecule has 9 heteroatoms. The summed E-state index contributed by atoms with van der Waals surface area (Å²) in [5, 5.41) is 11.5. The molecule has 38 heavy (non-hydrogen) atoms. The van der Waals surface area contributed by atoms with Crippen molar-refractivity contribution in [3.05, 3.63) is 65.0 Å². The van der Waals surface area contributed by atoms with Gasteiger partial charge in [0, 0.05) is 30.9 Å². The number of rotatable bonds is 7. The van der Waals surface area contributed by atoms with E-state index >= 15 is 0 Å². The van der Waals surface area contributed by atoms with Crippen LogP contribution in [0.25, 0.3) is 5.76 Å². The Balaban J connectivity index is 1.75. The van der Waals surface area contributed by atoms with Crippen LogP contribution in [0.2, 0.25) is 0 Å². The Morgan fingerprint density at radius 3 is 2.45 bits per heavy atom. The van der Waals surface area contributed by atoms with Gasteiger partial charge in [-0.1, -0.05) is 19.9 Å². The summed E-state index contributed by atoms with van der Waals surface area (Å²) in [4.78, 5) is 46.7. The number of hydrogen-bond acceptors (Lipinski definition) is 7. The number of aliphatic hydroxyl groups is 1. The first-order valence-electron chi connectivity index (χ1n) is 13.2. The minimum atomic E-state index is -0.843. The van der Waals surface area contributed by atoms with Gasteiger partial charge in [-0.3, -0.25) is 14.6 Å². The molecule has 202 valence electrons. The predicted molar refractivity (Wildman–Crippen MR) is 142 cm³/mol. The van der Waals surface area contributed by atoms with Gasteiger partial charge in [0.05, 0.1) is 24.5 Å². The number of piperidine rings is 1. The number of hydrogen-bond donors (Lipinski definition) is 1. The van der Waals surface area contributed by atoms with Gasteiger partial charge in [-0.25, -0.2) is 4.79 Å². The summed E-state index contributed by atoms with van der Waals surface area (Å²) < 4.78 is 10.9. The molecule has 1 unspecified atom stereocenters. The van der Waals surface area contributed by atoms with Crippen LogP contribution in [0.4, 0.5) is 4.79 Å². The zero-order chi connectivity index (χ0) is 27.4. The topological polar surface area (TPSA) is 109 Å². The van der Waals surface area contributed by atoms with Crippen molar-refractivity contribution in [2.75, 3.05) is 26.3 Å². The SMILES string of the molecule is CCOC(=O)N1CCC(N2C(=O)C(=O)/C(=C(/O)c3ccc(OCC)c(C(C)C)c3)C2c2ccccn2)CC1. The average molecular weight is 522 g/mol. The smallest absolute Gasteiger partial charge is 0.409 e. The zero-order valence-corrected chi connectivity index (χ0v) is 22.3. The average Bonchev–Trinajstić information content (AvgIpc) is 3.19. The van der Waals surface area contributed by atoms with E-state index in [2.05, 4.69) is 4.98 Å². The highest BCUT2D eigenvalue weighted by Gasteiger charge is 2.50. The lowest BCUT2D eigenvalue weighted by Crippen LogP contribution is -2.48. The third kappa shape index (κ3) is 5.23. The van der Waals surface area contributed by atoms with Gasteiger partial charge in [0.1, 0.15) is 17.6 Å². The van der Waals surface area contributed by atoms with Crippen LogP contribution in [-0.2, 0) is 14.3 Å². The van der Waals surface area contributed by atoms with Crippen LogP contribution in [0.15, 0.2) is 48.2 Å². The van der Waals surface area contributed by atoms with Crippen LogP contribution >= 0.6 is 0 Å².